The first kappa shape index (κ1) is 17.4. The molecule has 2 aromatic carbocycles. The fraction of sp³-hybridized carbons (Fsp3) is 0.222. The number of hydrogen-bond donors (Lipinski definition) is 1. The molecule has 140 valence electrons. The average Bonchev–Trinajstić information content (AvgIpc) is 3.20. The van der Waals surface area contributed by atoms with Crippen LogP contribution in [0, 0.1) is 0 Å². The molecule has 0 spiro atoms. The SMILES string of the molecule is O=c1nc(NC2CC2(F)F)c2ccc(C(F)(F)F)cc2n1-c1ccccc1. The maximum atomic E-state index is 13.2. The maximum Gasteiger partial charge on any atom is 0.416 e. The van der Waals surface area contributed by atoms with Crippen molar-refractivity contribution in [2.75, 3.05) is 5.32 Å². The zero-order valence-electron chi connectivity index (χ0n) is 13.6. The molecule has 1 heterocycles. The van der Waals surface area contributed by atoms with Gasteiger partial charge in [0.25, 0.3) is 5.92 Å². The van der Waals surface area contributed by atoms with Gasteiger partial charge in [-0.1, -0.05) is 18.2 Å². The molecule has 0 aliphatic heterocycles. The molecule has 4 rings (SSSR count). The van der Waals surface area contributed by atoms with Crippen molar-refractivity contribution in [3.05, 3.63) is 64.6 Å². The van der Waals surface area contributed by atoms with E-state index in [0.717, 1.165) is 22.8 Å². The van der Waals surface area contributed by atoms with E-state index in [4.69, 9.17) is 0 Å². The van der Waals surface area contributed by atoms with Crippen LogP contribution in [-0.2, 0) is 6.18 Å². The molecular formula is C18H12F5N3O. The fourth-order valence-electron chi connectivity index (χ4n) is 2.87. The number of halogens is 5. The molecule has 1 unspecified atom stereocenters. The number of anilines is 1. The largest absolute Gasteiger partial charge is 0.416 e. The predicted octanol–water partition coefficient (Wildman–Crippen LogP) is 4.22. The summed E-state index contributed by atoms with van der Waals surface area (Å²) in [6.45, 7) is 0. The van der Waals surface area contributed by atoms with Gasteiger partial charge in [-0.2, -0.15) is 18.2 Å². The summed E-state index contributed by atoms with van der Waals surface area (Å²) in [4.78, 5) is 16.3. The van der Waals surface area contributed by atoms with Crippen molar-refractivity contribution in [3.8, 4) is 5.69 Å². The molecule has 0 bridgehead atoms. The van der Waals surface area contributed by atoms with Crippen molar-refractivity contribution >= 4 is 16.7 Å². The number of nitrogens with zero attached hydrogens (tertiary/aromatic N) is 2. The highest BCUT2D eigenvalue weighted by molar-refractivity contribution is 5.91. The highest BCUT2D eigenvalue weighted by Crippen LogP contribution is 2.44. The van der Waals surface area contributed by atoms with Crippen LogP contribution >= 0.6 is 0 Å². The summed E-state index contributed by atoms with van der Waals surface area (Å²) in [7, 11) is 0. The lowest BCUT2D eigenvalue weighted by atomic mass is 10.1. The molecule has 3 aromatic rings. The molecule has 0 amide bonds. The van der Waals surface area contributed by atoms with E-state index in [1.165, 1.54) is 0 Å². The Labute approximate surface area is 149 Å². The van der Waals surface area contributed by atoms with Gasteiger partial charge in [0, 0.05) is 11.8 Å². The van der Waals surface area contributed by atoms with E-state index < -0.39 is 35.8 Å². The molecule has 1 aliphatic rings. The van der Waals surface area contributed by atoms with Gasteiger partial charge >= 0.3 is 11.9 Å². The van der Waals surface area contributed by atoms with E-state index in [1.54, 1.807) is 30.3 Å². The highest BCUT2D eigenvalue weighted by atomic mass is 19.4. The normalized spacial score (nSPS) is 18.5. The van der Waals surface area contributed by atoms with Crippen LogP contribution in [0.15, 0.2) is 53.3 Å². The third kappa shape index (κ3) is 3.13. The minimum Gasteiger partial charge on any atom is -0.360 e. The Morgan fingerprint density at radius 1 is 1.11 bits per heavy atom. The van der Waals surface area contributed by atoms with E-state index in [2.05, 4.69) is 10.3 Å². The Hall–Kier alpha value is -2.97. The molecule has 1 aliphatic carbocycles. The predicted molar refractivity (Wildman–Crippen MR) is 89.3 cm³/mol. The van der Waals surface area contributed by atoms with Gasteiger partial charge < -0.3 is 5.32 Å². The van der Waals surface area contributed by atoms with Crippen LogP contribution in [0.3, 0.4) is 0 Å². The lowest BCUT2D eigenvalue weighted by molar-refractivity contribution is -0.137. The first-order chi connectivity index (χ1) is 12.7. The monoisotopic (exact) mass is 381 g/mol. The van der Waals surface area contributed by atoms with Crippen molar-refractivity contribution in [2.45, 2.75) is 24.6 Å². The topological polar surface area (TPSA) is 46.9 Å². The van der Waals surface area contributed by atoms with Gasteiger partial charge in [0.2, 0.25) is 0 Å². The van der Waals surface area contributed by atoms with E-state index in [0.29, 0.717) is 5.69 Å². The van der Waals surface area contributed by atoms with Gasteiger partial charge in [-0.05, 0) is 30.3 Å². The number of hydrogen-bond acceptors (Lipinski definition) is 3. The summed E-state index contributed by atoms with van der Waals surface area (Å²) in [5.41, 5.74) is -1.56. The minimum atomic E-state index is -4.62. The van der Waals surface area contributed by atoms with E-state index >= 15 is 0 Å². The maximum absolute atomic E-state index is 13.2. The minimum absolute atomic E-state index is 0.0671. The van der Waals surface area contributed by atoms with Crippen molar-refractivity contribution < 1.29 is 22.0 Å². The van der Waals surface area contributed by atoms with Crippen LogP contribution in [0.4, 0.5) is 27.8 Å². The Kier molecular flexibility index (Phi) is 3.72. The van der Waals surface area contributed by atoms with Crippen LogP contribution in [0.2, 0.25) is 0 Å². The summed E-state index contributed by atoms with van der Waals surface area (Å²) >= 11 is 0. The van der Waals surface area contributed by atoms with Crippen LogP contribution in [-0.4, -0.2) is 21.5 Å². The summed E-state index contributed by atoms with van der Waals surface area (Å²) in [6.07, 6.45) is -5.04. The second-order valence-electron chi connectivity index (χ2n) is 6.31. The molecule has 27 heavy (non-hydrogen) atoms. The number of aromatic nitrogens is 2. The van der Waals surface area contributed by atoms with Crippen molar-refractivity contribution in [2.24, 2.45) is 0 Å². The molecule has 9 heteroatoms. The van der Waals surface area contributed by atoms with Crippen LogP contribution in [0.25, 0.3) is 16.6 Å². The lowest BCUT2D eigenvalue weighted by Gasteiger charge is -2.15. The summed E-state index contributed by atoms with van der Waals surface area (Å²) in [5.74, 6) is -3.08. The molecule has 1 fully saturated rings. The Bertz CT molecular complexity index is 1080. The van der Waals surface area contributed by atoms with Crippen LogP contribution < -0.4 is 11.0 Å². The van der Waals surface area contributed by atoms with Gasteiger partial charge in [0.05, 0.1) is 22.8 Å². The third-order valence-electron chi connectivity index (χ3n) is 4.37. The Balaban J connectivity index is 1.96. The molecule has 4 nitrogen and oxygen atoms in total. The summed E-state index contributed by atoms with van der Waals surface area (Å²) in [5, 5.41) is 2.62. The first-order valence-corrected chi connectivity index (χ1v) is 8.00. The second-order valence-corrected chi connectivity index (χ2v) is 6.31. The molecule has 0 saturated heterocycles. The summed E-state index contributed by atoms with van der Waals surface area (Å²) < 4.78 is 66.9. The zero-order chi connectivity index (χ0) is 19.4. The number of fused-ring (bicyclic) bond motifs is 1. The van der Waals surface area contributed by atoms with Gasteiger partial charge in [-0.15, -0.1) is 0 Å². The standard InChI is InChI=1S/C18H12F5N3O/c19-17(20)9-14(17)24-15-12-7-6-10(18(21,22)23)8-13(12)26(16(27)25-15)11-4-2-1-3-5-11/h1-8,14H,9H2,(H,24,25,27). The molecular weight excluding hydrogens is 369 g/mol. The van der Waals surface area contributed by atoms with E-state index in [-0.39, 0.29) is 16.7 Å². The van der Waals surface area contributed by atoms with Crippen molar-refractivity contribution in [3.63, 3.8) is 0 Å². The van der Waals surface area contributed by atoms with Crippen LogP contribution in [0.1, 0.15) is 12.0 Å². The molecule has 1 atom stereocenters. The Morgan fingerprint density at radius 3 is 2.37 bits per heavy atom. The number of nitrogens with one attached hydrogen (secondary N) is 1. The van der Waals surface area contributed by atoms with Crippen LogP contribution in [0.5, 0.6) is 0 Å². The van der Waals surface area contributed by atoms with Gasteiger partial charge in [0.15, 0.2) is 0 Å². The smallest absolute Gasteiger partial charge is 0.360 e. The second kappa shape index (κ2) is 5.77. The summed E-state index contributed by atoms with van der Waals surface area (Å²) in [6, 6.07) is 9.62. The van der Waals surface area contributed by atoms with Gasteiger partial charge in [-0.25, -0.2) is 13.6 Å². The number of para-hydroxylation sites is 1. The number of benzene rings is 2. The zero-order valence-corrected chi connectivity index (χ0v) is 13.6. The molecule has 1 N–H and O–H groups in total. The number of alkyl halides is 5. The highest BCUT2D eigenvalue weighted by Gasteiger charge is 2.57. The molecule has 0 radical (unpaired) electrons. The first-order valence-electron chi connectivity index (χ1n) is 8.00. The lowest BCUT2D eigenvalue weighted by Crippen LogP contribution is -2.25. The third-order valence-corrected chi connectivity index (χ3v) is 4.37. The molecule has 1 aromatic heterocycles. The van der Waals surface area contributed by atoms with E-state index in [1.807, 2.05) is 0 Å². The fourth-order valence-corrected chi connectivity index (χ4v) is 2.87. The van der Waals surface area contributed by atoms with Gasteiger partial charge in [-0.3, -0.25) is 4.57 Å². The molecule has 1 saturated carbocycles. The average molecular weight is 381 g/mol. The number of rotatable bonds is 3. The van der Waals surface area contributed by atoms with Crippen molar-refractivity contribution in [1.29, 1.82) is 0 Å². The Morgan fingerprint density at radius 2 is 1.78 bits per heavy atom. The van der Waals surface area contributed by atoms with Crippen molar-refractivity contribution in [1.82, 2.24) is 9.55 Å². The van der Waals surface area contributed by atoms with E-state index in [9.17, 15) is 26.7 Å². The van der Waals surface area contributed by atoms with Gasteiger partial charge in [0.1, 0.15) is 5.82 Å². The quantitative estimate of drug-likeness (QED) is 0.691.